The number of hydrogen-bond donors (Lipinski definition) is 2. The molecule has 0 saturated carbocycles. The van der Waals surface area contributed by atoms with Crippen LogP contribution in [0.25, 0.3) is 0 Å². The molecular weight excluding hydrogens is 231 g/mol. The van der Waals surface area contributed by atoms with Gasteiger partial charge < -0.3 is 15.4 Å². The molecule has 1 aliphatic rings. The van der Waals surface area contributed by atoms with E-state index in [2.05, 4.69) is 10.6 Å². The minimum atomic E-state index is -0.280. The number of benzene rings is 1. The van der Waals surface area contributed by atoms with Crippen LogP contribution in [-0.4, -0.2) is 25.7 Å². The third-order valence-electron chi connectivity index (χ3n) is 3.19. The second kappa shape index (κ2) is 6.71. The molecule has 0 bridgehead atoms. The Morgan fingerprint density at radius 2 is 2.39 bits per heavy atom. The van der Waals surface area contributed by atoms with Gasteiger partial charge in [-0.05, 0) is 44.0 Å². The summed E-state index contributed by atoms with van der Waals surface area (Å²) in [5, 5.41) is 6.80. The van der Waals surface area contributed by atoms with Crippen molar-refractivity contribution >= 4 is 0 Å². The van der Waals surface area contributed by atoms with Crippen molar-refractivity contribution in [3.8, 4) is 5.75 Å². The summed E-state index contributed by atoms with van der Waals surface area (Å²) >= 11 is 0. The first kappa shape index (κ1) is 13.3. The number of hydrogen-bond acceptors (Lipinski definition) is 3. The average molecular weight is 252 g/mol. The van der Waals surface area contributed by atoms with Crippen LogP contribution >= 0.6 is 0 Å². The van der Waals surface area contributed by atoms with Gasteiger partial charge in [-0.2, -0.15) is 0 Å². The normalized spacial score (nSPS) is 19.8. The van der Waals surface area contributed by atoms with Crippen LogP contribution in [0.5, 0.6) is 5.75 Å². The van der Waals surface area contributed by atoms with Crippen LogP contribution in [-0.2, 0) is 6.54 Å². The third kappa shape index (κ3) is 3.68. The minimum Gasteiger partial charge on any atom is -0.491 e. The van der Waals surface area contributed by atoms with Gasteiger partial charge in [0.15, 0.2) is 11.6 Å². The molecule has 0 radical (unpaired) electrons. The fourth-order valence-electron chi connectivity index (χ4n) is 2.22. The van der Waals surface area contributed by atoms with E-state index in [4.69, 9.17) is 4.74 Å². The molecule has 1 aliphatic heterocycles. The van der Waals surface area contributed by atoms with Gasteiger partial charge in [0, 0.05) is 19.1 Å². The van der Waals surface area contributed by atoms with Gasteiger partial charge in [-0.3, -0.25) is 0 Å². The van der Waals surface area contributed by atoms with Crippen LogP contribution in [0.3, 0.4) is 0 Å². The summed E-state index contributed by atoms with van der Waals surface area (Å²) in [6.07, 6.45) is 2.39. The second-order valence-corrected chi connectivity index (χ2v) is 4.62. The summed E-state index contributed by atoms with van der Waals surface area (Å²) in [5.41, 5.74) is 0.960. The molecule has 0 spiro atoms. The van der Waals surface area contributed by atoms with Crippen LogP contribution < -0.4 is 15.4 Å². The first-order chi connectivity index (χ1) is 8.79. The number of ether oxygens (including phenoxy) is 1. The Morgan fingerprint density at radius 3 is 3.06 bits per heavy atom. The Kier molecular flexibility index (Phi) is 4.96. The van der Waals surface area contributed by atoms with Crippen LogP contribution in [0.2, 0.25) is 0 Å². The Morgan fingerprint density at radius 1 is 1.50 bits per heavy atom. The molecule has 1 fully saturated rings. The maximum absolute atomic E-state index is 13.6. The predicted molar refractivity (Wildman–Crippen MR) is 70.3 cm³/mol. The Balaban J connectivity index is 1.87. The second-order valence-electron chi connectivity index (χ2n) is 4.62. The fourth-order valence-corrected chi connectivity index (χ4v) is 2.22. The SMILES string of the molecule is CCOc1ccc(CN[C@@H]2CCCNC2)cc1F. The number of halogens is 1. The topological polar surface area (TPSA) is 33.3 Å². The highest BCUT2D eigenvalue weighted by Crippen LogP contribution is 2.18. The molecule has 1 saturated heterocycles. The van der Waals surface area contributed by atoms with E-state index in [1.807, 2.05) is 13.0 Å². The lowest BCUT2D eigenvalue weighted by Gasteiger charge is -2.24. The van der Waals surface area contributed by atoms with Gasteiger partial charge in [-0.1, -0.05) is 6.07 Å². The van der Waals surface area contributed by atoms with E-state index in [9.17, 15) is 4.39 Å². The zero-order valence-corrected chi connectivity index (χ0v) is 10.8. The Bertz CT molecular complexity index is 378. The predicted octanol–water partition coefficient (Wildman–Crippen LogP) is 2.07. The molecule has 0 unspecified atom stereocenters. The highest BCUT2D eigenvalue weighted by Gasteiger charge is 2.12. The molecule has 1 aromatic rings. The number of nitrogens with one attached hydrogen (secondary N) is 2. The van der Waals surface area contributed by atoms with E-state index in [0.29, 0.717) is 24.9 Å². The summed E-state index contributed by atoms with van der Waals surface area (Å²) in [6, 6.07) is 5.66. The van der Waals surface area contributed by atoms with Crippen molar-refractivity contribution in [2.45, 2.75) is 32.4 Å². The average Bonchev–Trinajstić information content (AvgIpc) is 2.41. The maximum Gasteiger partial charge on any atom is 0.165 e. The summed E-state index contributed by atoms with van der Waals surface area (Å²) in [6.45, 7) is 5.15. The maximum atomic E-state index is 13.6. The molecule has 0 aromatic heterocycles. The van der Waals surface area contributed by atoms with Crippen molar-refractivity contribution in [3.05, 3.63) is 29.6 Å². The largest absolute Gasteiger partial charge is 0.491 e. The third-order valence-corrected chi connectivity index (χ3v) is 3.19. The molecule has 2 N–H and O–H groups in total. The molecule has 1 atom stereocenters. The molecule has 4 heteroatoms. The van der Waals surface area contributed by atoms with E-state index in [0.717, 1.165) is 18.7 Å². The number of piperidine rings is 1. The lowest BCUT2D eigenvalue weighted by molar-refractivity contribution is 0.321. The minimum absolute atomic E-state index is 0.280. The molecule has 2 rings (SSSR count). The van der Waals surface area contributed by atoms with Crippen molar-refractivity contribution in [1.29, 1.82) is 0 Å². The number of rotatable bonds is 5. The van der Waals surface area contributed by atoms with Crippen LogP contribution in [0.1, 0.15) is 25.3 Å². The van der Waals surface area contributed by atoms with Gasteiger partial charge in [-0.25, -0.2) is 4.39 Å². The van der Waals surface area contributed by atoms with Gasteiger partial charge in [-0.15, -0.1) is 0 Å². The van der Waals surface area contributed by atoms with Crippen molar-refractivity contribution in [2.75, 3.05) is 19.7 Å². The summed E-state index contributed by atoms with van der Waals surface area (Å²) in [4.78, 5) is 0. The van der Waals surface area contributed by atoms with Gasteiger partial charge >= 0.3 is 0 Å². The summed E-state index contributed by atoms with van der Waals surface area (Å²) < 4.78 is 18.8. The molecule has 1 heterocycles. The highest BCUT2D eigenvalue weighted by atomic mass is 19.1. The molecule has 18 heavy (non-hydrogen) atoms. The van der Waals surface area contributed by atoms with Crippen molar-refractivity contribution < 1.29 is 9.13 Å². The smallest absolute Gasteiger partial charge is 0.165 e. The molecule has 3 nitrogen and oxygen atoms in total. The highest BCUT2D eigenvalue weighted by molar-refractivity contribution is 5.29. The van der Waals surface area contributed by atoms with Crippen LogP contribution in [0, 0.1) is 5.82 Å². The fraction of sp³-hybridized carbons (Fsp3) is 0.571. The van der Waals surface area contributed by atoms with Crippen molar-refractivity contribution in [1.82, 2.24) is 10.6 Å². The van der Waals surface area contributed by atoms with E-state index in [1.165, 1.54) is 12.8 Å². The molecule has 100 valence electrons. The molecule has 0 amide bonds. The van der Waals surface area contributed by atoms with Crippen LogP contribution in [0.4, 0.5) is 4.39 Å². The summed E-state index contributed by atoms with van der Waals surface area (Å²) in [5.74, 6) is 0.0542. The van der Waals surface area contributed by atoms with Gasteiger partial charge in [0.25, 0.3) is 0 Å². The van der Waals surface area contributed by atoms with Crippen molar-refractivity contribution in [2.24, 2.45) is 0 Å². The van der Waals surface area contributed by atoms with Gasteiger partial charge in [0.2, 0.25) is 0 Å². The van der Waals surface area contributed by atoms with E-state index in [-0.39, 0.29) is 5.82 Å². The Labute approximate surface area is 108 Å². The summed E-state index contributed by atoms with van der Waals surface area (Å²) in [7, 11) is 0. The monoisotopic (exact) mass is 252 g/mol. The standard InChI is InChI=1S/C14H21FN2O/c1-2-18-14-6-5-11(8-13(14)15)9-17-12-4-3-7-16-10-12/h5-6,8,12,16-17H,2-4,7,9-10H2,1H3/t12-/m1/s1. The zero-order chi connectivity index (χ0) is 12.8. The zero-order valence-electron chi connectivity index (χ0n) is 10.8. The molecule has 0 aliphatic carbocycles. The first-order valence-electron chi connectivity index (χ1n) is 6.65. The first-order valence-corrected chi connectivity index (χ1v) is 6.65. The van der Waals surface area contributed by atoms with E-state index < -0.39 is 0 Å². The lowest BCUT2D eigenvalue weighted by atomic mass is 10.1. The lowest BCUT2D eigenvalue weighted by Crippen LogP contribution is -2.42. The van der Waals surface area contributed by atoms with Gasteiger partial charge in [0.1, 0.15) is 0 Å². The van der Waals surface area contributed by atoms with E-state index in [1.54, 1.807) is 12.1 Å². The Hall–Kier alpha value is -1.13. The van der Waals surface area contributed by atoms with Gasteiger partial charge in [0.05, 0.1) is 6.61 Å². The molecular formula is C14H21FN2O. The van der Waals surface area contributed by atoms with Crippen molar-refractivity contribution in [3.63, 3.8) is 0 Å². The molecule has 1 aromatic carbocycles. The van der Waals surface area contributed by atoms with E-state index >= 15 is 0 Å². The van der Waals surface area contributed by atoms with Crippen LogP contribution in [0.15, 0.2) is 18.2 Å². The quantitative estimate of drug-likeness (QED) is 0.841.